The predicted molar refractivity (Wildman–Crippen MR) is 109 cm³/mol. The van der Waals surface area contributed by atoms with Gasteiger partial charge in [-0.3, -0.25) is 4.79 Å². The summed E-state index contributed by atoms with van der Waals surface area (Å²) in [5, 5.41) is 3.92. The number of carbonyl (C=O) groups is 1. The van der Waals surface area contributed by atoms with E-state index in [9.17, 15) is 4.79 Å². The fourth-order valence-corrected chi connectivity index (χ4v) is 2.98. The van der Waals surface area contributed by atoms with Crippen molar-refractivity contribution >= 4 is 28.1 Å². The summed E-state index contributed by atoms with van der Waals surface area (Å²) in [4.78, 5) is 11.9. The number of furan rings is 1. The van der Waals surface area contributed by atoms with E-state index < -0.39 is 0 Å². The van der Waals surface area contributed by atoms with Gasteiger partial charge in [-0.1, -0.05) is 46.3 Å². The standard InChI is InChI=1S/C21H19BrN2O3/c1-14-5-3-6-15(2)21(14)26-13-20(25)24-23-12-18-9-10-19(27-18)16-7-4-8-17(22)11-16/h3-12H,13H2,1-2H3,(H,24,25)/b23-12-. The summed E-state index contributed by atoms with van der Waals surface area (Å²) in [5.41, 5.74) is 5.37. The minimum absolute atomic E-state index is 0.107. The number of ether oxygens (including phenoxy) is 1. The number of carbonyl (C=O) groups excluding carboxylic acids is 1. The van der Waals surface area contributed by atoms with Crippen molar-refractivity contribution in [1.29, 1.82) is 0 Å². The van der Waals surface area contributed by atoms with Gasteiger partial charge in [0, 0.05) is 10.0 Å². The Morgan fingerprint density at radius 1 is 1.15 bits per heavy atom. The normalized spacial score (nSPS) is 10.9. The molecule has 0 saturated carbocycles. The lowest BCUT2D eigenvalue weighted by Gasteiger charge is -2.10. The molecule has 6 heteroatoms. The van der Waals surface area contributed by atoms with Gasteiger partial charge in [0.2, 0.25) is 0 Å². The first kappa shape index (κ1) is 18.9. The van der Waals surface area contributed by atoms with E-state index in [0.717, 1.165) is 32.7 Å². The minimum atomic E-state index is -0.340. The van der Waals surface area contributed by atoms with Gasteiger partial charge in [-0.15, -0.1) is 0 Å². The number of para-hydroxylation sites is 1. The topological polar surface area (TPSA) is 63.8 Å². The highest BCUT2D eigenvalue weighted by molar-refractivity contribution is 9.10. The summed E-state index contributed by atoms with van der Waals surface area (Å²) >= 11 is 3.44. The van der Waals surface area contributed by atoms with Gasteiger partial charge in [0.15, 0.2) is 6.61 Å². The van der Waals surface area contributed by atoms with Gasteiger partial charge in [0.05, 0.1) is 6.21 Å². The van der Waals surface area contributed by atoms with E-state index in [1.807, 2.05) is 62.4 Å². The Hall–Kier alpha value is -2.86. The molecule has 3 rings (SSSR count). The Balaban J connectivity index is 1.54. The van der Waals surface area contributed by atoms with Crippen LogP contribution in [0.1, 0.15) is 16.9 Å². The molecule has 0 aliphatic heterocycles. The maximum atomic E-state index is 11.9. The largest absolute Gasteiger partial charge is 0.483 e. The van der Waals surface area contributed by atoms with Crippen LogP contribution in [0, 0.1) is 13.8 Å². The van der Waals surface area contributed by atoms with Gasteiger partial charge in [0.1, 0.15) is 17.3 Å². The number of halogens is 1. The zero-order chi connectivity index (χ0) is 19.2. The van der Waals surface area contributed by atoms with E-state index in [2.05, 4.69) is 26.5 Å². The smallest absolute Gasteiger partial charge is 0.277 e. The van der Waals surface area contributed by atoms with Gasteiger partial charge in [-0.05, 0) is 49.2 Å². The highest BCUT2D eigenvalue weighted by atomic mass is 79.9. The second-order valence-electron chi connectivity index (χ2n) is 6.02. The van der Waals surface area contributed by atoms with Crippen LogP contribution in [0.25, 0.3) is 11.3 Å². The Morgan fingerprint density at radius 3 is 2.63 bits per heavy atom. The van der Waals surface area contributed by atoms with Crippen molar-refractivity contribution in [3.8, 4) is 17.1 Å². The van der Waals surface area contributed by atoms with Crippen LogP contribution in [0.2, 0.25) is 0 Å². The van der Waals surface area contributed by atoms with E-state index in [1.54, 1.807) is 6.07 Å². The maximum Gasteiger partial charge on any atom is 0.277 e. The van der Waals surface area contributed by atoms with Gasteiger partial charge < -0.3 is 9.15 Å². The van der Waals surface area contributed by atoms with E-state index in [0.29, 0.717) is 5.76 Å². The summed E-state index contributed by atoms with van der Waals surface area (Å²) < 4.78 is 12.3. The molecule has 27 heavy (non-hydrogen) atoms. The molecule has 0 unspecified atom stereocenters. The number of benzene rings is 2. The zero-order valence-electron chi connectivity index (χ0n) is 15.0. The van der Waals surface area contributed by atoms with Gasteiger partial charge >= 0.3 is 0 Å². The molecule has 1 heterocycles. The van der Waals surface area contributed by atoms with Crippen molar-refractivity contribution in [1.82, 2.24) is 5.43 Å². The number of rotatable bonds is 6. The van der Waals surface area contributed by atoms with Crippen molar-refractivity contribution in [2.24, 2.45) is 5.10 Å². The summed E-state index contributed by atoms with van der Waals surface area (Å²) in [6.45, 7) is 3.78. The average Bonchev–Trinajstić information content (AvgIpc) is 3.10. The first-order valence-electron chi connectivity index (χ1n) is 8.39. The third-order valence-electron chi connectivity index (χ3n) is 3.87. The molecule has 1 aromatic heterocycles. The van der Waals surface area contributed by atoms with E-state index in [4.69, 9.17) is 9.15 Å². The zero-order valence-corrected chi connectivity index (χ0v) is 16.6. The maximum absolute atomic E-state index is 11.9. The predicted octanol–water partition coefficient (Wildman–Crippen LogP) is 4.86. The number of nitrogens with one attached hydrogen (secondary N) is 1. The number of hydrogen-bond acceptors (Lipinski definition) is 4. The molecule has 0 spiro atoms. The molecule has 1 N–H and O–H groups in total. The third-order valence-corrected chi connectivity index (χ3v) is 4.37. The molecule has 0 aliphatic rings. The van der Waals surface area contributed by atoms with Crippen LogP contribution in [0.4, 0.5) is 0 Å². The molecule has 138 valence electrons. The molecular weight excluding hydrogens is 408 g/mol. The molecule has 0 saturated heterocycles. The summed E-state index contributed by atoms with van der Waals surface area (Å²) in [6.07, 6.45) is 1.46. The first-order valence-corrected chi connectivity index (χ1v) is 9.19. The lowest BCUT2D eigenvalue weighted by atomic mass is 10.1. The molecular formula is C21H19BrN2O3. The van der Waals surface area contributed by atoms with Crippen LogP contribution >= 0.6 is 15.9 Å². The number of hydrogen-bond donors (Lipinski definition) is 1. The van der Waals surface area contributed by atoms with Crippen LogP contribution in [0.15, 0.2) is 68.6 Å². The molecule has 0 fully saturated rings. The molecule has 0 aliphatic carbocycles. The Morgan fingerprint density at radius 2 is 1.89 bits per heavy atom. The highest BCUT2D eigenvalue weighted by Gasteiger charge is 2.07. The minimum Gasteiger partial charge on any atom is -0.483 e. The fraction of sp³-hybridized carbons (Fsp3) is 0.143. The van der Waals surface area contributed by atoms with Crippen LogP contribution < -0.4 is 10.2 Å². The van der Waals surface area contributed by atoms with Gasteiger partial charge in [-0.2, -0.15) is 5.10 Å². The summed E-state index contributed by atoms with van der Waals surface area (Å²) in [7, 11) is 0. The van der Waals surface area contributed by atoms with E-state index >= 15 is 0 Å². The average molecular weight is 427 g/mol. The lowest BCUT2D eigenvalue weighted by Crippen LogP contribution is -2.24. The number of amides is 1. The molecule has 0 atom stereocenters. The SMILES string of the molecule is Cc1cccc(C)c1OCC(=O)N/N=C\c1ccc(-c2cccc(Br)c2)o1. The summed E-state index contributed by atoms with van der Waals surface area (Å²) in [5.74, 6) is 1.65. The van der Waals surface area contributed by atoms with Crippen LogP contribution in [0.3, 0.4) is 0 Å². The van der Waals surface area contributed by atoms with Gasteiger partial charge in [0.25, 0.3) is 5.91 Å². The fourth-order valence-electron chi connectivity index (χ4n) is 2.58. The lowest BCUT2D eigenvalue weighted by molar-refractivity contribution is -0.123. The van der Waals surface area contributed by atoms with Gasteiger partial charge in [-0.25, -0.2) is 5.43 Å². The van der Waals surface area contributed by atoms with Crippen molar-refractivity contribution in [2.45, 2.75) is 13.8 Å². The van der Waals surface area contributed by atoms with E-state index in [-0.39, 0.29) is 12.5 Å². The Labute approximate surface area is 166 Å². The monoisotopic (exact) mass is 426 g/mol. The van der Waals surface area contributed by atoms with Crippen molar-refractivity contribution in [3.05, 3.63) is 76.0 Å². The molecule has 2 aromatic carbocycles. The van der Waals surface area contributed by atoms with Crippen LogP contribution in [-0.2, 0) is 4.79 Å². The number of hydrazone groups is 1. The van der Waals surface area contributed by atoms with E-state index in [1.165, 1.54) is 6.21 Å². The van der Waals surface area contributed by atoms with Crippen molar-refractivity contribution < 1.29 is 13.9 Å². The second kappa shape index (κ2) is 8.68. The molecule has 0 bridgehead atoms. The summed E-state index contributed by atoms with van der Waals surface area (Å²) in [6, 6.07) is 17.3. The molecule has 3 aromatic rings. The Bertz CT molecular complexity index is 959. The van der Waals surface area contributed by atoms with Crippen LogP contribution in [0.5, 0.6) is 5.75 Å². The quantitative estimate of drug-likeness (QED) is 0.452. The van der Waals surface area contributed by atoms with Crippen molar-refractivity contribution in [2.75, 3.05) is 6.61 Å². The van der Waals surface area contributed by atoms with Crippen molar-refractivity contribution in [3.63, 3.8) is 0 Å². The Kier molecular flexibility index (Phi) is 6.08. The first-order chi connectivity index (χ1) is 13.0. The highest BCUT2D eigenvalue weighted by Crippen LogP contribution is 2.24. The third kappa shape index (κ3) is 5.08. The molecule has 1 amide bonds. The number of nitrogens with zero attached hydrogens (tertiary/aromatic N) is 1. The second-order valence-corrected chi connectivity index (χ2v) is 6.93. The van der Waals surface area contributed by atoms with Crippen LogP contribution in [-0.4, -0.2) is 18.7 Å². The molecule has 5 nitrogen and oxygen atoms in total. The number of aryl methyl sites for hydroxylation is 2. The molecule has 0 radical (unpaired) electrons.